The number of nitrogens with two attached hydrogens (primary N) is 1. The second-order valence-electron chi connectivity index (χ2n) is 27.9. The Balaban J connectivity index is 0.546. The van der Waals surface area contributed by atoms with Gasteiger partial charge in [-0.2, -0.15) is 15.4 Å². The fourth-order valence-electron chi connectivity index (χ4n) is 15.5. The molecule has 26 nitrogen and oxygen atoms in total. The van der Waals surface area contributed by atoms with Gasteiger partial charge in [0.15, 0.2) is 5.60 Å². The lowest BCUT2D eigenvalue weighted by Crippen LogP contribution is -2.56. The largest absolute Gasteiger partial charge is 0.458 e. The van der Waals surface area contributed by atoms with Crippen LogP contribution < -0.4 is 42.8 Å². The number of ether oxygens (including phenoxy) is 3. The maximum Gasteiger partial charge on any atom is 0.343 e. The molecule has 4 aliphatic heterocycles. The number of anilines is 1. The second kappa shape index (κ2) is 30.9. The molecule has 1 saturated heterocycles. The summed E-state index contributed by atoms with van der Waals surface area (Å²) in [6, 6.07) is 15.7. The van der Waals surface area contributed by atoms with E-state index in [1.54, 1.807) is 38.7 Å². The van der Waals surface area contributed by atoms with Gasteiger partial charge in [-0.3, -0.25) is 38.4 Å². The molecule has 4 atom stereocenters. The van der Waals surface area contributed by atoms with Crippen LogP contribution in [-0.4, -0.2) is 154 Å². The number of halogens is 1. The Morgan fingerprint density at radius 3 is 2.24 bits per heavy atom. The Morgan fingerprint density at radius 2 is 1.50 bits per heavy atom. The molecule has 101 heavy (non-hydrogen) atoms. The lowest BCUT2D eigenvalue weighted by atomic mass is 9.65. The fourth-order valence-corrected chi connectivity index (χ4v) is 15.5. The smallest absolute Gasteiger partial charge is 0.343 e. The number of H-pyrrole nitrogens is 1. The fraction of sp³-hybridized carbons (Fsp3) is 0.514. The number of pyridine rings is 2. The van der Waals surface area contributed by atoms with Crippen LogP contribution in [0, 0.1) is 30.0 Å². The number of cyclic esters (lactones) is 1. The van der Waals surface area contributed by atoms with E-state index in [9.17, 15) is 48.3 Å². The van der Waals surface area contributed by atoms with Crippen molar-refractivity contribution in [3.8, 4) is 33.9 Å². The zero-order valence-corrected chi connectivity index (χ0v) is 57.7. The quantitative estimate of drug-likeness (QED) is 0.0241. The number of carbonyl (C=O) groups excluding carboxylic acids is 8. The molecule has 7 amide bonds. The molecule has 0 bridgehead atoms. The van der Waals surface area contributed by atoms with E-state index < -0.39 is 71.2 Å². The number of amides is 7. The van der Waals surface area contributed by atoms with Crippen molar-refractivity contribution >= 4 is 63.9 Å². The minimum Gasteiger partial charge on any atom is -0.458 e. The Morgan fingerprint density at radius 1 is 0.792 bits per heavy atom. The number of hydrogen-bond donors (Lipinski definition) is 8. The van der Waals surface area contributed by atoms with E-state index in [1.807, 2.05) is 53.4 Å². The number of carbonyl (C=O) groups is 8. The van der Waals surface area contributed by atoms with Crippen LogP contribution in [0.3, 0.4) is 0 Å². The van der Waals surface area contributed by atoms with E-state index in [0.717, 1.165) is 72.2 Å². The highest BCUT2D eigenvalue weighted by atomic mass is 19.1. The Kier molecular flexibility index (Phi) is 21.9. The minimum absolute atomic E-state index is 0.0127. The topological polar surface area (TPSA) is 354 Å². The molecule has 6 aromatic rings. The first-order valence-electron chi connectivity index (χ1n) is 35.5. The van der Waals surface area contributed by atoms with Gasteiger partial charge in [0.05, 0.1) is 86.7 Å². The van der Waals surface area contributed by atoms with Gasteiger partial charge in [-0.25, -0.2) is 14.2 Å². The van der Waals surface area contributed by atoms with Gasteiger partial charge in [-0.05, 0) is 136 Å². The van der Waals surface area contributed by atoms with Crippen LogP contribution in [0.4, 0.5) is 10.1 Å². The Labute approximate surface area is 584 Å². The summed E-state index contributed by atoms with van der Waals surface area (Å²) in [5.74, 6) is -4.21. The monoisotopic (exact) mass is 1390 g/mol. The molecule has 536 valence electrons. The second-order valence-corrected chi connectivity index (χ2v) is 27.9. The first kappa shape index (κ1) is 71.5. The third-order valence-corrected chi connectivity index (χ3v) is 21.4. The molecule has 9 N–H and O–H groups in total. The molecule has 2 fully saturated rings. The molecular weight excluding hydrogens is 1300 g/mol. The number of esters is 1. The summed E-state index contributed by atoms with van der Waals surface area (Å²) in [5.41, 5.74) is 11.8. The van der Waals surface area contributed by atoms with Crippen LogP contribution >= 0.6 is 0 Å². The third kappa shape index (κ3) is 14.9. The number of aromatic nitrogens is 5. The average Bonchev–Trinajstić information content (AvgIpc) is 1.60. The molecule has 6 aliphatic rings. The van der Waals surface area contributed by atoms with Gasteiger partial charge in [0.1, 0.15) is 35.9 Å². The molecule has 1 spiro atoms. The van der Waals surface area contributed by atoms with Crippen molar-refractivity contribution in [1.29, 1.82) is 0 Å². The lowest BCUT2D eigenvalue weighted by molar-refractivity contribution is -0.172. The number of nitrogens with zero attached hydrogens (tertiary/aromatic N) is 6. The molecule has 12 rings (SSSR count). The van der Waals surface area contributed by atoms with Crippen molar-refractivity contribution in [2.45, 2.75) is 167 Å². The van der Waals surface area contributed by atoms with Crippen LogP contribution in [-0.2, 0) is 84.3 Å². The highest BCUT2D eigenvalue weighted by Crippen LogP contribution is 2.48. The van der Waals surface area contributed by atoms with Gasteiger partial charge in [0.25, 0.3) is 5.56 Å². The Hall–Kier alpha value is -9.31. The summed E-state index contributed by atoms with van der Waals surface area (Å²) in [7, 11) is 0. The maximum absolute atomic E-state index is 15.6. The van der Waals surface area contributed by atoms with E-state index in [2.05, 4.69) is 42.0 Å². The van der Waals surface area contributed by atoms with Gasteiger partial charge in [-0.15, -0.1) is 0 Å². The van der Waals surface area contributed by atoms with Crippen molar-refractivity contribution in [3.63, 3.8) is 0 Å². The van der Waals surface area contributed by atoms with E-state index in [0.29, 0.717) is 96.5 Å². The van der Waals surface area contributed by atoms with Crippen molar-refractivity contribution in [1.82, 2.24) is 56.4 Å². The van der Waals surface area contributed by atoms with Crippen LogP contribution in [0.1, 0.15) is 156 Å². The summed E-state index contributed by atoms with van der Waals surface area (Å²) >= 11 is 0. The normalized spacial score (nSPS) is 18.5. The van der Waals surface area contributed by atoms with Crippen LogP contribution in [0.5, 0.6) is 0 Å². The van der Waals surface area contributed by atoms with Crippen molar-refractivity contribution in [2.24, 2.45) is 23.0 Å². The lowest BCUT2D eigenvalue weighted by Gasteiger charge is -2.45. The van der Waals surface area contributed by atoms with E-state index in [1.165, 1.54) is 10.6 Å². The molecule has 7 heterocycles. The first-order chi connectivity index (χ1) is 48.7. The number of hydrogen-bond acceptors (Lipinski definition) is 17. The van der Waals surface area contributed by atoms with E-state index >= 15 is 4.39 Å². The number of fused-ring (bicyclic) bond motifs is 10. The van der Waals surface area contributed by atoms with E-state index in [4.69, 9.17) is 24.9 Å². The summed E-state index contributed by atoms with van der Waals surface area (Å²) in [5, 5.41) is 38.1. The molecule has 27 heteroatoms. The molecule has 3 aromatic heterocycles. The number of piperidine rings is 1. The minimum atomic E-state index is -2.06. The number of likely N-dealkylation sites (tertiary alicyclic amines) is 1. The number of para-hydroxylation sites is 1. The number of aromatic amines is 1. The summed E-state index contributed by atoms with van der Waals surface area (Å²) in [6.07, 6.45) is 7.23. The highest BCUT2D eigenvalue weighted by molar-refractivity contribution is 6.01. The molecule has 2 aliphatic carbocycles. The van der Waals surface area contributed by atoms with Crippen molar-refractivity contribution in [3.05, 3.63) is 116 Å². The van der Waals surface area contributed by atoms with Crippen LogP contribution in [0.15, 0.2) is 65.5 Å². The number of benzene rings is 3. The number of unbranched alkanes of at least 4 members (excludes halogenated alkanes) is 1. The summed E-state index contributed by atoms with van der Waals surface area (Å²) in [6.45, 7) is 8.87. The molecular formula is C74H90FN13O13. The molecule has 0 radical (unpaired) electrons. The number of rotatable bonds is 26. The van der Waals surface area contributed by atoms with Gasteiger partial charge in [-0.1, -0.05) is 63.2 Å². The third-order valence-electron chi connectivity index (χ3n) is 21.4. The zero-order chi connectivity index (χ0) is 71.3. The van der Waals surface area contributed by atoms with Crippen LogP contribution in [0.2, 0.25) is 0 Å². The average molecular weight is 1390 g/mol. The van der Waals surface area contributed by atoms with Crippen molar-refractivity contribution in [2.75, 3.05) is 64.1 Å². The molecule has 4 unspecified atom stereocenters. The predicted octanol–water partition coefficient (Wildman–Crippen LogP) is 5.62. The SMILES string of the molecule is CCC1(O)C(=O)OCc2c1cc1n(c2=O)Cc2c-1nc1cc(F)c(C)c3c1c2C(NC(=O)CNC(=O)C(CCCCN)NC(=O)C(NC(=O)CCOCCOCCC(=O)N1CCC2(CCC(C(=O)NCCC(=O)N4Cc5ccccc5-c5n[nH]nc5-c5ccccc54)CC2)CC1)C(C)C)CC3. The summed E-state index contributed by atoms with van der Waals surface area (Å²) < 4.78 is 33.7. The first-order valence-corrected chi connectivity index (χ1v) is 35.5. The number of aryl methyl sites for hydroxylation is 1. The Bertz CT molecular complexity index is 4250. The zero-order valence-electron chi connectivity index (χ0n) is 57.7. The molecule has 3 aromatic carbocycles. The standard InChI is InChI=1S/C74H90FN13O13/c1-5-74(98)51-36-57-65-49(40-88(57)71(96)50(51)41-101-72(74)97)63-53(18-17-46-43(4)52(75)37-55(80-65)62(46)63)79-59(90)38-78-69(94)54(15-10-11-28-76)81-70(95)64(42(2)3)82-58(89)22-32-99-34-35-100-33-23-60(91)86-30-26-73(27-31-86)24-19-44(20-25-73)68(93)77-29-21-61(92)87-39-45-12-6-7-13-47(45)66-67(84-85-83-66)48-14-8-9-16-56(48)87/h6-9,12-14,16,36-37,42,44,53-54,64,98H,5,10-11,15,17-35,38-41,76H2,1-4H3,(H,77,93)(H,78,94)(H,79,90)(H,81,95)(H,82,89)(H,83,84,85). The number of nitrogens with one attached hydrogen (secondary N) is 6. The van der Waals surface area contributed by atoms with Gasteiger partial charge >= 0.3 is 5.97 Å². The van der Waals surface area contributed by atoms with Gasteiger partial charge in [0, 0.05) is 72.1 Å². The molecule has 1 saturated carbocycles. The predicted molar refractivity (Wildman–Crippen MR) is 370 cm³/mol. The van der Waals surface area contributed by atoms with Crippen molar-refractivity contribution < 1.29 is 62.1 Å². The van der Waals surface area contributed by atoms with E-state index in [-0.39, 0.29) is 124 Å². The summed E-state index contributed by atoms with van der Waals surface area (Å²) in [4.78, 5) is 131. The van der Waals surface area contributed by atoms with Crippen LogP contribution in [0.25, 0.3) is 44.8 Å². The number of aliphatic hydroxyl groups is 1. The van der Waals surface area contributed by atoms with Gasteiger partial charge < -0.3 is 66.0 Å². The maximum atomic E-state index is 15.6. The highest BCUT2D eigenvalue weighted by Gasteiger charge is 2.47. The van der Waals surface area contributed by atoms with Gasteiger partial charge in [0.2, 0.25) is 41.4 Å².